The van der Waals surface area contributed by atoms with E-state index >= 15 is 0 Å². The highest BCUT2D eigenvalue weighted by atomic mass is 19.1. The number of hydrogen-bond acceptors (Lipinski definition) is 3. The lowest BCUT2D eigenvalue weighted by atomic mass is 9.84. The maximum atomic E-state index is 13.1. The summed E-state index contributed by atoms with van der Waals surface area (Å²) in [6.45, 7) is 11.5. The summed E-state index contributed by atoms with van der Waals surface area (Å²) in [4.78, 5) is 29.1. The highest BCUT2D eigenvalue weighted by Crippen LogP contribution is 2.26. The second-order valence-corrected chi connectivity index (χ2v) is 10.3. The Bertz CT molecular complexity index is 927. The van der Waals surface area contributed by atoms with Crippen LogP contribution in [0.5, 0.6) is 0 Å². The average molecular weight is 454 g/mol. The molecule has 0 aliphatic carbocycles. The van der Waals surface area contributed by atoms with Crippen LogP contribution >= 0.6 is 0 Å². The average Bonchev–Trinajstić information content (AvgIpc) is 2.74. The first-order chi connectivity index (χ1) is 15.6. The number of hydrogen-bond donors (Lipinski definition) is 1. The largest absolute Gasteiger partial charge is 0.368 e. The van der Waals surface area contributed by atoms with E-state index in [9.17, 15) is 14.0 Å². The lowest BCUT2D eigenvalue weighted by Gasteiger charge is -2.36. The zero-order valence-electron chi connectivity index (χ0n) is 20.2. The molecule has 1 aliphatic heterocycles. The third-order valence-electron chi connectivity index (χ3n) is 5.91. The molecule has 3 rings (SSSR count). The molecule has 1 aliphatic rings. The first kappa shape index (κ1) is 24.7. The fraction of sp³-hybridized carbons (Fsp3) is 0.481. The number of halogens is 1. The van der Waals surface area contributed by atoms with Crippen molar-refractivity contribution in [3.8, 4) is 0 Å². The predicted molar refractivity (Wildman–Crippen MR) is 132 cm³/mol. The summed E-state index contributed by atoms with van der Waals surface area (Å²) in [6, 6.07) is 14.0. The molecule has 1 N–H and O–H groups in total. The number of rotatable bonds is 7. The fourth-order valence-corrected chi connectivity index (χ4v) is 4.50. The van der Waals surface area contributed by atoms with Gasteiger partial charge in [-0.05, 0) is 59.7 Å². The summed E-state index contributed by atoms with van der Waals surface area (Å²) < 4.78 is 13.1. The zero-order chi connectivity index (χ0) is 24.0. The number of nitrogens with one attached hydrogen (secondary N) is 1. The van der Waals surface area contributed by atoms with Crippen LogP contribution in [0.1, 0.15) is 46.1 Å². The molecule has 5 nitrogen and oxygen atoms in total. The minimum absolute atomic E-state index is 0.0489. The summed E-state index contributed by atoms with van der Waals surface area (Å²) in [7, 11) is 0. The van der Waals surface area contributed by atoms with Crippen LogP contribution in [0.4, 0.5) is 15.8 Å². The van der Waals surface area contributed by atoms with Gasteiger partial charge in [0.25, 0.3) is 0 Å². The van der Waals surface area contributed by atoms with Gasteiger partial charge < -0.3 is 15.1 Å². The van der Waals surface area contributed by atoms with E-state index in [1.54, 1.807) is 12.1 Å². The Morgan fingerprint density at radius 2 is 1.58 bits per heavy atom. The molecule has 0 radical (unpaired) electrons. The molecule has 1 atom stereocenters. The van der Waals surface area contributed by atoms with Gasteiger partial charge >= 0.3 is 0 Å². The van der Waals surface area contributed by atoms with E-state index in [1.807, 2.05) is 29.2 Å². The van der Waals surface area contributed by atoms with Gasteiger partial charge in [-0.2, -0.15) is 0 Å². The van der Waals surface area contributed by atoms with Gasteiger partial charge in [-0.3, -0.25) is 9.59 Å². The molecule has 1 saturated heterocycles. The maximum Gasteiger partial charge on any atom is 0.227 e. The van der Waals surface area contributed by atoms with Crippen molar-refractivity contribution in [2.45, 2.75) is 47.0 Å². The van der Waals surface area contributed by atoms with E-state index in [1.165, 1.54) is 12.1 Å². The summed E-state index contributed by atoms with van der Waals surface area (Å²) >= 11 is 0. The van der Waals surface area contributed by atoms with Crippen molar-refractivity contribution in [2.75, 3.05) is 36.4 Å². The Morgan fingerprint density at radius 3 is 2.15 bits per heavy atom. The van der Waals surface area contributed by atoms with Crippen LogP contribution in [0.25, 0.3) is 0 Å². The van der Waals surface area contributed by atoms with Gasteiger partial charge in [-0.15, -0.1) is 0 Å². The van der Waals surface area contributed by atoms with Gasteiger partial charge in [0.2, 0.25) is 11.8 Å². The number of amides is 2. The highest BCUT2D eigenvalue weighted by Gasteiger charge is 2.22. The molecule has 2 aromatic rings. The second kappa shape index (κ2) is 10.8. The Kier molecular flexibility index (Phi) is 8.11. The van der Waals surface area contributed by atoms with Crippen LogP contribution in [-0.4, -0.2) is 42.9 Å². The number of anilines is 2. The van der Waals surface area contributed by atoms with Crippen LogP contribution in [-0.2, 0) is 16.0 Å². The van der Waals surface area contributed by atoms with E-state index < -0.39 is 0 Å². The van der Waals surface area contributed by atoms with Gasteiger partial charge in [0.1, 0.15) is 5.82 Å². The van der Waals surface area contributed by atoms with Crippen LogP contribution in [0.15, 0.2) is 48.5 Å². The number of nitrogens with zero attached hydrogens (tertiary/aromatic N) is 2. The van der Waals surface area contributed by atoms with Gasteiger partial charge in [-0.25, -0.2) is 4.39 Å². The molecule has 1 fully saturated rings. The lowest BCUT2D eigenvalue weighted by Crippen LogP contribution is -2.49. The summed E-state index contributed by atoms with van der Waals surface area (Å²) in [5, 5.41) is 3.00. The molecule has 6 heteroatoms. The molecule has 1 unspecified atom stereocenters. The minimum atomic E-state index is -0.291. The van der Waals surface area contributed by atoms with Crippen molar-refractivity contribution in [3.63, 3.8) is 0 Å². The fourth-order valence-electron chi connectivity index (χ4n) is 4.50. The third kappa shape index (κ3) is 7.88. The Hall–Kier alpha value is -2.89. The van der Waals surface area contributed by atoms with Crippen LogP contribution in [0.3, 0.4) is 0 Å². The van der Waals surface area contributed by atoms with E-state index in [2.05, 4.69) is 37.9 Å². The maximum absolute atomic E-state index is 13.1. The second-order valence-electron chi connectivity index (χ2n) is 10.3. The molecule has 0 aromatic heterocycles. The summed E-state index contributed by atoms with van der Waals surface area (Å²) in [5.41, 5.74) is 2.94. The van der Waals surface area contributed by atoms with Crippen molar-refractivity contribution in [1.82, 2.24) is 4.90 Å². The first-order valence-electron chi connectivity index (χ1n) is 11.8. The van der Waals surface area contributed by atoms with Crippen LogP contribution in [0.2, 0.25) is 0 Å². The number of piperazine rings is 1. The first-order valence-corrected chi connectivity index (χ1v) is 11.8. The lowest BCUT2D eigenvalue weighted by molar-refractivity contribution is -0.130. The van der Waals surface area contributed by atoms with Crippen molar-refractivity contribution in [2.24, 2.45) is 11.3 Å². The molecular formula is C27H36FN3O2. The standard InChI is InChI=1S/C27H36FN3O2/c1-20(19-27(2,3)4)17-25(32)29-23-9-11-24(12-10-23)30-13-15-31(16-14-30)26(33)18-21-5-7-22(28)8-6-21/h5-12,20H,13-19H2,1-4H3,(H,29,32). The van der Waals surface area contributed by atoms with Gasteiger partial charge in [0.15, 0.2) is 0 Å². The molecular weight excluding hydrogens is 417 g/mol. The van der Waals surface area contributed by atoms with Crippen molar-refractivity contribution >= 4 is 23.2 Å². The molecule has 1 heterocycles. The van der Waals surface area contributed by atoms with Gasteiger partial charge in [0.05, 0.1) is 6.42 Å². The number of carbonyl (C=O) groups is 2. The third-order valence-corrected chi connectivity index (χ3v) is 5.91. The molecule has 178 valence electrons. The normalized spacial score (nSPS) is 15.3. The van der Waals surface area contributed by atoms with Crippen molar-refractivity contribution < 1.29 is 14.0 Å². The molecule has 2 aromatic carbocycles. The topological polar surface area (TPSA) is 52.7 Å². The van der Waals surface area contributed by atoms with Crippen molar-refractivity contribution in [1.29, 1.82) is 0 Å². The monoisotopic (exact) mass is 453 g/mol. The van der Waals surface area contributed by atoms with Gasteiger partial charge in [-0.1, -0.05) is 39.8 Å². The number of benzene rings is 2. The highest BCUT2D eigenvalue weighted by molar-refractivity contribution is 5.91. The SMILES string of the molecule is CC(CC(=O)Nc1ccc(N2CCN(C(=O)Cc3ccc(F)cc3)CC2)cc1)CC(C)(C)C. The number of carbonyl (C=O) groups excluding carboxylic acids is 2. The predicted octanol–water partition coefficient (Wildman–Crippen LogP) is 5.12. The zero-order valence-corrected chi connectivity index (χ0v) is 20.2. The molecule has 2 amide bonds. The van der Waals surface area contributed by atoms with E-state index in [4.69, 9.17) is 0 Å². The Labute approximate surface area is 197 Å². The Morgan fingerprint density at radius 1 is 0.970 bits per heavy atom. The minimum Gasteiger partial charge on any atom is -0.368 e. The molecule has 0 saturated carbocycles. The van der Waals surface area contributed by atoms with E-state index in [0.717, 1.165) is 36.4 Å². The van der Waals surface area contributed by atoms with Crippen LogP contribution < -0.4 is 10.2 Å². The quantitative estimate of drug-likeness (QED) is 0.633. The molecule has 33 heavy (non-hydrogen) atoms. The Balaban J connectivity index is 1.45. The van der Waals surface area contributed by atoms with E-state index in [0.29, 0.717) is 31.8 Å². The summed E-state index contributed by atoms with van der Waals surface area (Å²) in [5.74, 6) is 0.166. The molecule has 0 spiro atoms. The van der Waals surface area contributed by atoms with Crippen molar-refractivity contribution in [3.05, 3.63) is 59.9 Å². The van der Waals surface area contributed by atoms with Crippen LogP contribution in [0, 0.1) is 17.2 Å². The summed E-state index contributed by atoms with van der Waals surface area (Å²) in [6.07, 6.45) is 1.83. The molecule has 0 bridgehead atoms. The van der Waals surface area contributed by atoms with Gasteiger partial charge in [0, 0.05) is 44.0 Å². The smallest absolute Gasteiger partial charge is 0.227 e. The van der Waals surface area contributed by atoms with E-state index in [-0.39, 0.29) is 23.0 Å².